The second-order valence-corrected chi connectivity index (χ2v) is 9.49. The Hall–Kier alpha value is -2.69. The average Bonchev–Trinajstić information content (AvgIpc) is 3.20. The Morgan fingerprint density at radius 2 is 1.97 bits per heavy atom. The SMILES string of the molecule is COc1ccc(Br)c(CC(=O)NC(CNS(=O)(=O)c2cnn(C)c2)c2ccccc2)c1. The van der Waals surface area contributed by atoms with Crippen molar-refractivity contribution >= 4 is 31.9 Å². The van der Waals surface area contributed by atoms with Crippen LogP contribution in [0.1, 0.15) is 17.2 Å². The number of rotatable bonds is 9. The van der Waals surface area contributed by atoms with Crippen LogP contribution in [0.3, 0.4) is 0 Å². The summed E-state index contributed by atoms with van der Waals surface area (Å²) in [6, 6.07) is 14.1. The first-order chi connectivity index (χ1) is 14.8. The molecule has 164 valence electrons. The van der Waals surface area contributed by atoms with E-state index in [1.54, 1.807) is 26.3 Å². The molecular formula is C21H23BrN4O4S. The molecule has 8 nitrogen and oxygen atoms in total. The highest BCUT2D eigenvalue weighted by Crippen LogP contribution is 2.23. The molecule has 10 heteroatoms. The van der Waals surface area contributed by atoms with Gasteiger partial charge < -0.3 is 10.1 Å². The van der Waals surface area contributed by atoms with Crippen molar-refractivity contribution in [3.8, 4) is 5.75 Å². The number of carbonyl (C=O) groups is 1. The zero-order chi connectivity index (χ0) is 22.4. The number of sulfonamides is 1. The van der Waals surface area contributed by atoms with Crippen LogP contribution in [0.15, 0.2) is 70.3 Å². The van der Waals surface area contributed by atoms with E-state index in [-0.39, 0.29) is 23.8 Å². The van der Waals surface area contributed by atoms with E-state index in [2.05, 4.69) is 31.1 Å². The monoisotopic (exact) mass is 506 g/mol. The number of benzene rings is 2. The van der Waals surface area contributed by atoms with Gasteiger partial charge in [0.2, 0.25) is 15.9 Å². The third kappa shape index (κ3) is 6.16. The number of aromatic nitrogens is 2. The molecule has 0 radical (unpaired) electrons. The summed E-state index contributed by atoms with van der Waals surface area (Å²) in [6.45, 7) is -0.00768. The number of methoxy groups -OCH3 is 1. The molecule has 3 aromatic rings. The van der Waals surface area contributed by atoms with Crippen LogP contribution in [0, 0.1) is 0 Å². The van der Waals surface area contributed by atoms with Crippen LogP contribution < -0.4 is 14.8 Å². The minimum atomic E-state index is -3.76. The summed E-state index contributed by atoms with van der Waals surface area (Å²) >= 11 is 3.45. The number of hydrogen-bond donors (Lipinski definition) is 2. The average molecular weight is 507 g/mol. The van der Waals surface area contributed by atoms with Gasteiger partial charge in [0.1, 0.15) is 10.6 Å². The van der Waals surface area contributed by atoms with E-state index in [4.69, 9.17) is 4.74 Å². The summed E-state index contributed by atoms with van der Waals surface area (Å²) in [4.78, 5) is 12.8. The topological polar surface area (TPSA) is 102 Å². The van der Waals surface area contributed by atoms with Crippen molar-refractivity contribution in [3.63, 3.8) is 0 Å². The Morgan fingerprint density at radius 3 is 2.61 bits per heavy atom. The highest BCUT2D eigenvalue weighted by molar-refractivity contribution is 9.10. The van der Waals surface area contributed by atoms with Crippen molar-refractivity contribution in [2.45, 2.75) is 17.4 Å². The van der Waals surface area contributed by atoms with Gasteiger partial charge in [-0.3, -0.25) is 9.48 Å². The molecule has 1 atom stereocenters. The van der Waals surface area contributed by atoms with Crippen LogP contribution in [0.5, 0.6) is 5.75 Å². The number of nitrogens with zero attached hydrogens (tertiary/aromatic N) is 2. The van der Waals surface area contributed by atoms with E-state index in [1.807, 2.05) is 36.4 Å². The van der Waals surface area contributed by atoms with Crippen molar-refractivity contribution in [1.82, 2.24) is 19.8 Å². The number of halogens is 1. The summed E-state index contributed by atoms with van der Waals surface area (Å²) in [7, 11) is -0.558. The molecule has 1 amide bonds. The van der Waals surface area contributed by atoms with Crippen LogP contribution in [0.2, 0.25) is 0 Å². The molecule has 0 saturated carbocycles. The van der Waals surface area contributed by atoms with E-state index >= 15 is 0 Å². The largest absolute Gasteiger partial charge is 0.497 e. The van der Waals surface area contributed by atoms with Gasteiger partial charge in [-0.05, 0) is 29.3 Å². The Bertz CT molecular complexity index is 1150. The number of amides is 1. The third-order valence-corrected chi connectivity index (χ3v) is 6.76. The Balaban J connectivity index is 1.74. The van der Waals surface area contributed by atoms with Gasteiger partial charge in [-0.2, -0.15) is 5.10 Å². The predicted octanol–water partition coefficient (Wildman–Crippen LogP) is 2.57. The van der Waals surface area contributed by atoms with Crippen LogP contribution in [-0.2, 0) is 28.3 Å². The standard InChI is InChI=1S/C21H23BrN4O4S/c1-26-14-18(12-23-26)31(28,29)24-13-20(15-6-4-3-5-7-15)25-21(27)11-16-10-17(30-2)8-9-19(16)22/h3-10,12,14,20,24H,11,13H2,1-2H3,(H,25,27). The zero-order valence-corrected chi connectivity index (χ0v) is 19.5. The highest BCUT2D eigenvalue weighted by Gasteiger charge is 2.21. The maximum atomic E-state index is 12.8. The Labute approximate surface area is 189 Å². The smallest absolute Gasteiger partial charge is 0.243 e. The molecule has 1 aromatic heterocycles. The van der Waals surface area contributed by atoms with Crippen molar-refractivity contribution in [2.75, 3.05) is 13.7 Å². The summed E-state index contributed by atoms with van der Waals surface area (Å²) in [6.07, 6.45) is 2.80. The second kappa shape index (κ2) is 10.1. The molecule has 2 N–H and O–H groups in total. The Morgan fingerprint density at radius 1 is 1.23 bits per heavy atom. The van der Waals surface area contributed by atoms with E-state index < -0.39 is 16.1 Å². The van der Waals surface area contributed by atoms with Crippen molar-refractivity contribution in [1.29, 1.82) is 0 Å². The molecule has 0 spiro atoms. The van der Waals surface area contributed by atoms with Gasteiger partial charge in [0.05, 0.1) is 25.8 Å². The lowest BCUT2D eigenvalue weighted by Gasteiger charge is -2.20. The van der Waals surface area contributed by atoms with Gasteiger partial charge in [0.15, 0.2) is 0 Å². The molecule has 0 saturated heterocycles. The molecule has 0 aliphatic rings. The molecule has 0 bridgehead atoms. The maximum absolute atomic E-state index is 12.8. The number of carbonyl (C=O) groups excluding carboxylic acids is 1. The summed E-state index contributed by atoms with van der Waals surface area (Å²) in [5, 5.41) is 6.83. The van der Waals surface area contributed by atoms with E-state index in [0.717, 1.165) is 15.6 Å². The van der Waals surface area contributed by atoms with Crippen LogP contribution in [0.25, 0.3) is 0 Å². The van der Waals surface area contributed by atoms with Crippen molar-refractivity contribution in [3.05, 3.63) is 76.5 Å². The fourth-order valence-corrected chi connectivity index (χ4v) is 4.40. The van der Waals surface area contributed by atoms with Gasteiger partial charge in [-0.25, -0.2) is 13.1 Å². The molecule has 0 aliphatic carbocycles. The molecule has 31 heavy (non-hydrogen) atoms. The molecule has 1 unspecified atom stereocenters. The van der Waals surface area contributed by atoms with Crippen molar-refractivity contribution < 1.29 is 17.9 Å². The lowest BCUT2D eigenvalue weighted by molar-refractivity contribution is -0.121. The lowest BCUT2D eigenvalue weighted by Crippen LogP contribution is -2.38. The predicted molar refractivity (Wildman–Crippen MR) is 120 cm³/mol. The third-order valence-electron chi connectivity index (χ3n) is 4.61. The summed E-state index contributed by atoms with van der Waals surface area (Å²) < 4.78 is 35.1. The molecule has 3 rings (SSSR count). The number of nitrogens with one attached hydrogen (secondary N) is 2. The summed E-state index contributed by atoms with van der Waals surface area (Å²) in [5.41, 5.74) is 1.55. The quantitative estimate of drug-likeness (QED) is 0.464. The molecule has 1 heterocycles. The molecule has 0 fully saturated rings. The fourth-order valence-electron chi connectivity index (χ4n) is 2.98. The Kier molecular flexibility index (Phi) is 7.47. The minimum absolute atomic E-state index is 0.00768. The van der Waals surface area contributed by atoms with Gasteiger partial charge in [-0.15, -0.1) is 0 Å². The maximum Gasteiger partial charge on any atom is 0.243 e. The number of hydrogen-bond acceptors (Lipinski definition) is 5. The van der Waals surface area contributed by atoms with Gasteiger partial charge in [-0.1, -0.05) is 46.3 Å². The molecule has 2 aromatic carbocycles. The van der Waals surface area contributed by atoms with Crippen LogP contribution >= 0.6 is 15.9 Å². The normalized spacial score (nSPS) is 12.4. The highest BCUT2D eigenvalue weighted by atomic mass is 79.9. The first-order valence-corrected chi connectivity index (χ1v) is 11.7. The van der Waals surface area contributed by atoms with Gasteiger partial charge in [0.25, 0.3) is 0 Å². The number of ether oxygens (including phenoxy) is 1. The van der Waals surface area contributed by atoms with E-state index in [0.29, 0.717) is 5.75 Å². The molecular weight excluding hydrogens is 484 g/mol. The van der Waals surface area contributed by atoms with E-state index in [9.17, 15) is 13.2 Å². The first-order valence-electron chi connectivity index (χ1n) is 9.43. The van der Waals surface area contributed by atoms with Crippen molar-refractivity contribution in [2.24, 2.45) is 7.05 Å². The van der Waals surface area contributed by atoms with Crippen LogP contribution in [0.4, 0.5) is 0 Å². The molecule has 0 aliphatic heterocycles. The summed E-state index contributed by atoms with van der Waals surface area (Å²) in [5.74, 6) is 0.401. The zero-order valence-electron chi connectivity index (χ0n) is 17.1. The lowest BCUT2D eigenvalue weighted by atomic mass is 10.1. The minimum Gasteiger partial charge on any atom is -0.497 e. The van der Waals surface area contributed by atoms with Gasteiger partial charge >= 0.3 is 0 Å². The number of aryl methyl sites for hydroxylation is 1. The first kappa shape index (κ1) is 23.0. The fraction of sp³-hybridized carbons (Fsp3) is 0.238. The second-order valence-electron chi connectivity index (χ2n) is 6.87. The van der Waals surface area contributed by atoms with E-state index in [1.165, 1.54) is 17.1 Å². The van der Waals surface area contributed by atoms with Crippen LogP contribution in [-0.4, -0.2) is 37.8 Å². The van der Waals surface area contributed by atoms with Gasteiger partial charge in [0, 0.05) is 24.3 Å².